The van der Waals surface area contributed by atoms with Crippen molar-refractivity contribution in [2.24, 2.45) is 0 Å². The molecule has 0 spiro atoms. The normalized spacial score (nSPS) is 19.9. The number of hydrogen-bond acceptors (Lipinski definition) is 7. The molecule has 1 aliphatic heterocycles. The number of nitrogens with zero attached hydrogens (tertiary/aromatic N) is 5. The summed E-state index contributed by atoms with van der Waals surface area (Å²) in [6.45, 7) is 4.55. The Morgan fingerprint density at radius 3 is 2.55 bits per heavy atom. The van der Waals surface area contributed by atoms with E-state index in [1.807, 2.05) is 41.5 Å². The van der Waals surface area contributed by atoms with E-state index in [2.05, 4.69) is 45.0 Å². The summed E-state index contributed by atoms with van der Waals surface area (Å²) in [4.78, 5) is 33.7. The lowest BCUT2D eigenvalue weighted by Crippen LogP contribution is -3.12. The highest BCUT2D eigenvalue weighted by Gasteiger charge is 2.40. The summed E-state index contributed by atoms with van der Waals surface area (Å²) in [6, 6.07) is 17.4. The van der Waals surface area contributed by atoms with Crippen LogP contribution in [-0.2, 0) is 22.7 Å². The summed E-state index contributed by atoms with van der Waals surface area (Å²) in [5.74, 6) is 1.29. The molecule has 3 aromatic heterocycles. The van der Waals surface area contributed by atoms with E-state index in [1.54, 1.807) is 6.07 Å². The Balaban J connectivity index is 1.24. The predicted octanol–water partition coefficient (Wildman–Crippen LogP) is 3.18. The maximum absolute atomic E-state index is 14.2. The molecule has 10 nitrogen and oxygen atoms in total. The van der Waals surface area contributed by atoms with Crippen LogP contribution in [0, 0.1) is 6.92 Å². The monoisotopic (exact) mass is 588 g/mol. The van der Waals surface area contributed by atoms with Crippen molar-refractivity contribution in [3.8, 4) is 11.6 Å². The maximum atomic E-state index is 14.2. The fourth-order valence-corrected chi connectivity index (χ4v) is 7.09. The summed E-state index contributed by atoms with van der Waals surface area (Å²) in [7, 11) is 0. The lowest BCUT2D eigenvalue weighted by Gasteiger charge is -2.40. The number of nitrogens with one attached hydrogen (secondary N) is 2. The SMILES string of the molecule is Cc1ccc(-c2nnn(CC(=O)N(C3CC[NH+](Cc4ccccc4)CC3)[C@@H](C(=O)NC3CCCC3)c3cccs3)n2)o1. The number of piperidine rings is 1. The van der Waals surface area contributed by atoms with Crippen molar-refractivity contribution in [2.45, 2.75) is 76.7 Å². The number of carbonyl (C=O) groups is 2. The molecule has 2 N–H and O–H groups in total. The second-order valence-corrected chi connectivity index (χ2v) is 12.4. The highest BCUT2D eigenvalue weighted by Crippen LogP contribution is 2.31. The first-order valence-electron chi connectivity index (χ1n) is 14.9. The van der Waals surface area contributed by atoms with E-state index in [0.717, 1.165) is 68.8 Å². The minimum atomic E-state index is -0.700. The van der Waals surface area contributed by atoms with Crippen molar-refractivity contribution in [3.63, 3.8) is 0 Å². The average molecular weight is 589 g/mol. The zero-order valence-electron chi connectivity index (χ0n) is 23.9. The van der Waals surface area contributed by atoms with E-state index in [1.165, 1.54) is 26.6 Å². The van der Waals surface area contributed by atoms with E-state index in [4.69, 9.17) is 4.42 Å². The number of thiophene rings is 1. The predicted molar refractivity (Wildman–Crippen MR) is 158 cm³/mol. The van der Waals surface area contributed by atoms with E-state index in [-0.39, 0.29) is 30.4 Å². The van der Waals surface area contributed by atoms with Gasteiger partial charge < -0.3 is 19.5 Å². The summed E-state index contributed by atoms with van der Waals surface area (Å²) in [6.07, 6.45) is 5.83. The average Bonchev–Trinajstić information content (AvgIpc) is 3.82. The van der Waals surface area contributed by atoms with E-state index >= 15 is 0 Å². The number of tetrazole rings is 1. The standard InChI is InChI=1S/C31H37N7O3S/c1-22-13-14-26(41-22)30-33-35-37(34-30)21-28(39)38(25-15-17-36(18-16-25)20-23-8-3-2-4-9-23)29(27-12-7-19-42-27)31(40)32-24-10-5-6-11-24/h2-4,7-9,12-14,19,24-25,29H,5-6,10-11,15-18,20-21H2,1H3,(H,32,40)/p+1/t29-/m1/s1. The Morgan fingerprint density at radius 2 is 1.86 bits per heavy atom. The highest BCUT2D eigenvalue weighted by atomic mass is 32.1. The van der Waals surface area contributed by atoms with Gasteiger partial charge in [-0.3, -0.25) is 9.59 Å². The van der Waals surface area contributed by atoms with Gasteiger partial charge in [-0.1, -0.05) is 49.2 Å². The summed E-state index contributed by atoms with van der Waals surface area (Å²) in [5, 5.41) is 17.9. The molecule has 2 fully saturated rings. The van der Waals surface area contributed by atoms with Crippen LogP contribution in [0.3, 0.4) is 0 Å². The molecule has 220 valence electrons. The molecule has 11 heteroatoms. The molecule has 6 rings (SSSR count). The van der Waals surface area contributed by atoms with Crippen molar-refractivity contribution < 1.29 is 18.9 Å². The van der Waals surface area contributed by atoms with Gasteiger partial charge in [0.15, 0.2) is 5.76 Å². The fourth-order valence-electron chi connectivity index (χ4n) is 6.26. The first kappa shape index (κ1) is 28.3. The van der Waals surface area contributed by atoms with Crippen LogP contribution < -0.4 is 10.2 Å². The zero-order chi connectivity index (χ0) is 28.9. The largest absolute Gasteiger partial charge is 0.458 e. The number of quaternary nitrogens is 1. The molecule has 42 heavy (non-hydrogen) atoms. The second kappa shape index (κ2) is 13.0. The van der Waals surface area contributed by atoms with E-state index in [9.17, 15) is 9.59 Å². The van der Waals surface area contributed by atoms with Crippen molar-refractivity contribution >= 4 is 23.2 Å². The molecule has 1 aliphatic carbocycles. The van der Waals surface area contributed by atoms with Crippen molar-refractivity contribution in [3.05, 3.63) is 76.2 Å². The third-order valence-electron chi connectivity index (χ3n) is 8.37. The maximum Gasteiger partial charge on any atom is 0.248 e. The smallest absolute Gasteiger partial charge is 0.248 e. The Hall–Kier alpha value is -3.83. The lowest BCUT2D eigenvalue weighted by atomic mass is 9.99. The van der Waals surface area contributed by atoms with Gasteiger partial charge in [0.05, 0.1) is 13.1 Å². The molecule has 0 bridgehead atoms. The van der Waals surface area contributed by atoms with Gasteiger partial charge in [-0.05, 0) is 48.6 Å². The molecule has 0 radical (unpaired) electrons. The van der Waals surface area contributed by atoms with Crippen molar-refractivity contribution in [1.82, 2.24) is 30.4 Å². The minimum absolute atomic E-state index is 0.0748. The van der Waals surface area contributed by atoms with Gasteiger partial charge in [0, 0.05) is 35.4 Å². The zero-order valence-corrected chi connectivity index (χ0v) is 24.8. The van der Waals surface area contributed by atoms with E-state index < -0.39 is 6.04 Å². The van der Waals surface area contributed by atoms with Gasteiger partial charge in [-0.2, -0.15) is 4.80 Å². The number of aryl methyl sites for hydroxylation is 1. The van der Waals surface area contributed by atoms with Crippen LogP contribution in [0.2, 0.25) is 0 Å². The Kier molecular flexibility index (Phi) is 8.76. The Morgan fingerprint density at radius 1 is 1.07 bits per heavy atom. The number of likely N-dealkylation sites (tertiary alicyclic amines) is 1. The summed E-state index contributed by atoms with van der Waals surface area (Å²) >= 11 is 1.52. The van der Waals surface area contributed by atoms with Crippen LogP contribution >= 0.6 is 11.3 Å². The van der Waals surface area contributed by atoms with Crippen LogP contribution in [0.1, 0.15) is 60.8 Å². The number of furan rings is 1. The second-order valence-electron chi connectivity index (χ2n) is 11.4. The molecule has 0 unspecified atom stereocenters. The van der Waals surface area contributed by atoms with Gasteiger partial charge in [-0.15, -0.1) is 21.5 Å². The van der Waals surface area contributed by atoms with Gasteiger partial charge >= 0.3 is 0 Å². The number of aromatic nitrogens is 4. The van der Waals surface area contributed by atoms with Gasteiger partial charge in [0.1, 0.15) is 24.9 Å². The van der Waals surface area contributed by atoms with Gasteiger partial charge in [0.2, 0.25) is 17.6 Å². The molecule has 4 heterocycles. The van der Waals surface area contributed by atoms with Crippen LogP contribution in [-0.4, -0.2) is 62.1 Å². The number of rotatable bonds is 10. The Labute approximate surface area is 249 Å². The molecule has 1 aromatic carbocycles. The van der Waals surface area contributed by atoms with E-state index in [0.29, 0.717) is 11.6 Å². The minimum Gasteiger partial charge on any atom is -0.458 e. The highest BCUT2D eigenvalue weighted by molar-refractivity contribution is 7.10. The number of benzene rings is 1. The molecule has 1 saturated carbocycles. The van der Waals surface area contributed by atoms with Crippen molar-refractivity contribution in [2.75, 3.05) is 13.1 Å². The molecule has 4 aromatic rings. The Bertz CT molecular complexity index is 1450. The molecule has 1 atom stereocenters. The third kappa shape index (κ3) is 6.63. The van der Waals surface area contributed by atoms with Crippen LogP contribution in [0.25, 0.3) is 11.6 Å². The number of hydrogen-bond donors (Lipinski definition) is 2. The molecular weight excluding hydrogens is 550 g/mol. The van der Waals surface area contributed by atoms with Crippen LogP contribution in [0.5, 0.6) is 0 Å². The topological polar surface area (TPSA) is 111 Å². The number of amides is 2. The number of carbonyl (C=O) groups excluding carboxylic acids is 2. The summed E-state index contributed by atoms with van der Waals surface area (Å²) in [5.41, 5.74) is 1.31. The first-order chi connectivity index (χ1) is 20.5. The lowest BCUT2D eigenvalue weighted by molar-refractivity contribution is -0.919. The molecular formula is C31H38N7O3S+. The van der Waals surface area contributed by atoms with Gasteiger partial charge in [0.25, 0.3) is 0 Å². The third-order valence-corrected chi connectivity index (χ3v) is 9.30. The summed E-state index contributed by atoms with van der Waals surface area (Å²) < 4.78 is 5.64. The molecule has 2 aliphatic rings. The quantitative estimate of drug-likeness (QED) is 0.295. The molecule has 2 amide bonds. The van der Waals surface area contributed by atoms with Gasteiger partial charge in [-0.25, -0.2) is 0 Å². The molecule has 1 saturated heterocycles. The van der Waals surface area contributed by atoms with Crippen molar-refractivity contribution in [1.29, 1.82) is 0 Å². The van der Waals surface area contributed by atoms with Crippen LogP contribution in [0.4, 0.5) is 0 Å². The fraction of sp³-hybridized carbons (Fsp3) is 0.452. The van der Waals surface area contributed by atoms with Crippen LogP contribution in [0.15, 0.2) is 64.4 Å². The first-order valence-corrected chi connectivity index (χ1v) is 15.8.